The summed E-state index contributed by atoms with van der Waals surface area (Å²) in [5.74, 6) is 1.62. The van der Waals surface area contributed by atoms with Crippen molar-refractivity contribution in [2.24, 2.45) is 7.05 Å². The molecule has 27 heavy (non-hydrogen) atoms. The Morgan fingerprint density at radius 2 is 1.59 bits per heavy atom. The zero-order valence-corrected chi connectivity index (χ0v) is 15.2. The molecule has 4 aromatic rings. The number of nitrogens with zero attached hydrogens (tertiary/aromatic N) is 2. The summed E-state index contributed by atoms with van der Waals surface area (Å²) in [5.41, 5.74) is 4.50. The van der Waals surface area contributed by atoms with Crippen molar-refractivity contribution in [1.82, 2.24) is 9.88 Å². The van der Waals surface area contributed by atoms with Gasteiger partial charge in [-0.1, -0.05) is 42.5 Å². The summed E-state index contributed by atoms with van der Waals surface area (Å²) < 4.78 is 8.02. The first kappa shape index (κ1) is 17.0. The quantitative estimate of drug-likeness (QED) is 0.423. The predicted molar refractivity (Wildman–Crippen MR) is 109 cm³/mol. The van der Waals surface area contributed by atoms with Crippen LogP contribution in [0.25, 0.3) is 11.3 Å². The van der Waals surface area contributed by atoms with Crippen molar-refractivity contribution in [2.75, 3.05) is 0 Å². The first-order valence-corrected chi connectivity index (χ1v) is 8.99. The standard InChI is InChI=1S/C24H21N2O/c1-26-15-7-14-24(26)20-9-5-8-19(16-20)18-25-21-10-6-13-23(17-21)27-22-11-3-2-4-12-22/h2-17H,18H2,1H3. The fourth-order valence-corrected chi connectivity index (χ4v) is 3.04. The zero-order chi connectivity index (χ0) is 18.5. The third-order valence-corrected chi connectivity index (χ3v) is 4.41. The maximum Gasteiger partial charge on any atom is 0.129 e. The Hall–Kier alpha value is -3.46. The van der Waals surface area contributed by atoms with Crippen LogP contribution in [0, 0.1) is 0 Å². The summed E-state index contributed by atoms with van der Waals surface area (Å²) in [6.45, 7) is 0.632. The van der Waals surface area contributed by atoms with Gasteiger partial charge >= 0.3 is 0 Å². The normalized spacial score (nSPS) is 10.6. The fourth-order valence-electron chi connectivity index (χ4n) is 3.04. The van der Waals surface area contributed by atoms with E-state index in [1.54, 1.807) is 0 Å². The molecule has 0 unspecified atom stereocenters. The fraction of sp³-hybridized carbons (Fsp3) is 0.0833. The Bertz CT molecular complexity index is 1020. The zero-order valence-electron chi connectivity index (χ0n) is 15.2. The van der Waals surface area contributed by atoms with Crippen molar-refractivity contribution >= 4 is 5.69 Å². The van der Waals surface area contributed by atoms with E-state index in [4.69, 9.17) is 10.1 Å². The third-order valence-electron chi connectivity index (χ3n) is 4.41. The molecule has 0 aliphatic rings. The number of aromatic nitrogens is 1. The maximum atomic E-state index is 5.89. The molecule has 0 aliphatic carbocycles. The lowest BCUT2D eigenvalue weighted by atomic mass is 10.1. The van der Waals surface area contributed by atoms with E-state index >= 15 is 0 Å². The van der Waals surface area contributed by atoms with Crippen LogP contribution in [0.2, 0.25) is 0 Å². The summed E-state index contributed by atoms with van der Waals surface area (Å²) in [5, 5.41) is 4.74. The van der Waals surface area contributed by atoms with Gasteiger partial charge in [-0.05, 0) is 53.6 Å². The largest absolute Gasteiger partial charge is 0.457 e. The highest BCUT2D eigenvalue weighted by molar-refractivity contribution is 5.61. The Morgan fingerprint density at radius 1 is 0.778 bits per heavy atom. The van der Waals surface area contributed by atoms with Gasteiger partial charge in [0.2, 0.25) is 0 Å². The molecule has 0 saturated carbocycles. The van der Waals surface area contributed by atoms with Crippen LogP contribution >= 0.6 is 0 Å². The molecule has 4 rings (SSSR count). The minimum absolute atomic E-state index is 0.632. The summed E-state index contributed by atoms with van der Waals surface area (Å²) in [6.07, 6.45) is 2.06. The summed E-state index contributed by atoms with van der Waals surface area (Å²) in [7, 11) is 2.06. The summed E-state index contributed by atoms with van der Waals surface area (Å²) >= 11 is 0. The van der Waals surface area contributed by atoms with Gasteiger partial charge in [0.25, 0.3) is 0 Å². The van der Waals surface area contributed by atoms with Gasteiger partial charge in [0.15, 0.2) is 0 Å². The van der Waals surface area contributed by atoms with E-state index in [1.165, 1.54) is 16.8 Å². The number of benzene rings is 3. The second-order valence-electron chi connectivity index (χ2n) is 6.43. The van der Waals surface area contributed by atoms with Crippen molar-refractivity contribution in [3.8, 4) is 22.8 Å². The lowest BCUT2D eigenvalue weighted by molar-refractivity contribution is 0.482. The van der Waals surface area contributed by atoms with Gasteiger partial charge < -0.3 is 9.30 Å². The molecule has 0 fully saturated rings. The second-order valence-corrected chi connectivity index (χ2v) is 6.43. The highest BCUT2D eigenvalue weighted by atomic mass is 16.5. The summed E-state index contributed by atoms with van der Waals surface area (Å²) in [4.78, 5) is 0. The molecule has 1 aromatic heterocycles. The number of hydrogen-bond donors (Lipinski definition) is 0. The topological polar surface area (TPSA) is 28.3 Å². The first-order chi connectivity index (χ1) is 13.3. The number of ether oxygens (including phenoxy) is 1. The van der Waals surface area contributed by atoms with Gasteiger partial charge in [-0.25, -0.2) is 0 Å². The highest BCUT2D eigenvalue weighted by Gasteiger charge is 2.04. The van der Waals surface area contributed by atoms with Gasteiger partial charge in [-0.15, -0.1) is 0 Å². The van der Waals surface area contributed by atoms with E-state index in [9.17, 15) is 0 Å². The minimum atomic E-state index is 0.632. The van der Waals surface area contributed by atoms with Crippen molar-refractivity contribution in [2.45, 2.75) is 6.54 Å². The van der Waals surface area contributed by atoms with Crippen LogP contribution in [0.15, 0.2) is 97.2 Å². The Kier molecular flexibility index (Phi) is 4.93. The number of para-hydroxylation sites is 1. The van der Waals surface area contributed by atoms with Crippen LogP contribution in [0.4, 0.5) is 5.69 Å². The van der Waals surface area contributed by atoms with Crippen molar-refractivity contribution in [3.05, 3.63) is 103 Å². The monoisotopic (exact) mass is 353 g/mol. The third kappa shape index (κ3) is 4.21. The molecular formula is C24H21N2O. The van der Waals surface area contributed by atoms with Crippen molar-refractivity contribution < 1.29 is 4.74 Å². The molecule has 1 heterocycles. The van der Waals surface area contributed by atoms with Crippen LogP contribution < -0.4 is 10.1 Å². The van der Waals surface area contributed by atoms with Gasteiger partial charge in [0, 0.05) is 25.0 Å². The second kappa shape index (κ2) is 7.83. The van der Waals surface area contributed by atoms with Crippen molar-refractivity contribution in [3.63, 3.8) is 0 Å². The molecule has 0 amide bonds. The molecule has 0 spiro atoms. The minimum Gasteiger partial charge on any atom is -0.457 e. The molecule has 0 saturated heterocycles. The van der Waals surface area contributed by atoms with Gasteiger partial charge in [-0.3, -0.25) is 5.32 Å². The first-order valence-electron chi connectivity index (χ1n) is 8.99. The van der Waals surface area contributed by atoms with E-state index in [-0.39, 0.29) is 0 Å². The average molecular weight is 353 g/mol. The molecule has 0 aliphatic heterocycles. The average Bonchev–Trinajstić information content (AvgIpc) is 3.14. The Morgan fingerprint density at radius 3 is 2.41 bits per heavy atom. The maximum absolute atomic E-state index is 5.89. The van der Waals surface area contributed by atoms with Crippen LogP contribution in [0.1, 0.15) is 5.56 Å². The van der Waals surface area contributed by atoms with Crippen molar-refractivity contribution in [1.29, 1.82) is 0 Å². The number of rotatable bonds is 6. The van der Waals surface area contributed by atoms with E-state index in [0.29, 0.717) is 6.54 Å². The molecule has 0 bridgehead atoms. The molecule has 3 nitrogen and oxygen atoms in total. The van der Waals surface area contributed by atoms with E-state index in [1.807, 2.05) is 54.6 Å². The smallest absolute Gasteiger partial charge is 0.129 e. The molecule has 0 atom stereocenters. The number of hydrogen-bond acceptors (Lipinski definition) is 1. The molecule has 3 heteroatoms. The summed E-state index contributed by atoms with van der Waals surface area (Å²) in [6, 6.07) is 30.4. The molecular weight excluding hydrogens is 332 g/mol. The SMILES string of the molecule is Cn1cccc1-c1cccc(C[N]c2cccc(Oc3ccccc3)c2)c1. The van der Waals surface area contributed by atoms with E-state index in [0.717, 1.165) is 17.2 Å². The van der Waals surface area contributed by atoms with Crippen LogP contribution in [-0.4, -0.2) is 4.57 Å². The Labute approximate surface area is 159 Å². The predicted octanol–water partition coefficient (Wildman–Crippen LogP) is 5.92. The molecule has 0 N–H and O–H groups in total. The van der Waals surface area contributed by atoms with Gasteiger partial charge in [-0.2, -0.15) is 0 Å². The van der Waals surface area contributed by atoms with E-state index in [2.05, 4.69) is 54.2 Å². The van der Waals surface area contributed by atoms with E-state index < -0.39 is 0 Å². The van der Waals surface area contributed by atoms with Crippen LogP contribution in [-0.2, 0) is 13.6 Å². The van der Waals surface area contributed by atoms with Crippen LogP contribution in [0.3, 0.4) is 0 Å². The number of aryl methyl sites for hydroxylation is 1. The Balaban J connectivity index is 1.45. The highest BCUT2D eigenvalue weighted by Crippen LogP contribution is 2.25. The lowest BCUT2D eigenvalue weighted by Crippen LogP contribution is -1.99. The van der Waals surface area contributed by atoms with Gasteiger partial charge in [0.1, 0.15) is 11.5 Å². The van der Waals surface area contributed by atoms with Crippen LogP contribution in [0.5, 0.6) is 11.5 Å². The molecule has 1 radical (unpaired) electrons. The lowest BCUT2D eigenvalue weighted by Gasteiger charge is -2.09. The molecule has 3 aromatic carbocycles. The van der Waals surface area contributed by atoms with Gasteiger partial charge in [0.05, 0.1) is 12.2 Å². The molecule has 133 valence electrons.